The Kier molecular flexibility index (Phi) is 6.36. The Labute approximate surface area is 174 Å². The van der Waals surface area contributed by atoms with Gasteiger partial charge in [-0.3, -0.25) is 19.2 Å². The van der Waals surface area contributed by atoms with E-state index in [1.807, 2.05) is 0 Å². The Morgan fingerprint density at radius 2 is 1.80 bits per heavy atom. The monoisotopic (exact) mass is 415 g/mol. The smallest absolute Gasteiger partial charge is 0.315 e. The van der Waals surface area contributed by atoms with Crippen molar-refractivity contribution in [1.82, 2.24) is 10.0 Å². The van der Waals surface area contributed by atoms with Crippen LogP contribution in [0.3, 0.4) is 0 Å². The van der Waals surface area contributed by atoms with Gasteiger partial charge in [-0.2, -0.15) is 0 Å². The second kappa shape index (κ2) is 8.79. The molecule has 1 fully saturated rings. The molecule has 2 aromatic rings. The van der Waals surface area contributed by atoms with Gasteiger partial charge in [0.05, 0.1) is 11.7 Å². The molecule has 1 aromatic heterocycles. The van der Waals surface area contributed by atoms with E-state index in [4.69, 9.17) is 4.84 Å². The summed E-state index contributed by atoms with van der Waals surface area (Å²) in [6, 6.07) is 4.40. The summed E-state index contributed by atoms with van der Waals surface area (Å²) in [5, 5.41) is 2.64. The number of rotatable bonds is 6. The number of nitrogens with one attached hydrogen (secondary N) is 2. The highest BCUT2D eigenvalue weighted by Crippen LogP contribution is 2.24. The molecule has 0 bridgehead atoms. The normalized spacial score (nSPS) is 14.0. The number of hydroxylamine groups is 1. The number of nitrogens with zero attached hydrogens (tertiary/aromatic N) is 1. The molecule has 0 spiro atoms. The van der Waals surface area contributed by atoms with E-state index >= 15 is 0 Å². The lowest BCUT2D eigenvalue weighted by molar-refractivity contribution is -0.133. The predicted octanol–water partition coefficient (Wildman–Crippen LogP) is 3.51. The Balaban J connectivity index is 1.79. The zero-order valence-corrected chi connectivity index (χ0v) is 17.6. The van der Waals surface area contributed by atoms with E-state index in [2.05, 4.69) is 10.8 Å². The Hall–Kier alpha value is -3.00. The van der Waals surface area contributed by atoms with Crippen LogP contribution in [0.5, 0.6) is 0 Å². The summed E-state index contributed by atoms with van der Waals surface area (Å²) >= 11 is 0. The largest absolute Gasteiger partial charge is 0.343 e. The second-order valence-electron chi connectivity index (χ2n) is 7.70. The van der Waals surface area contributed by atoms with Crippen LogP contribution in [0.15, 0.2) is 18.2 Å². The van der Waals surface area contributed by atoms with E-state index in [1.54, 1.807) is 44.5 Å². The molecule has 0 atom stereocenters. The number of hydrogen-bond acceptors (Lipinski definition) is 4. The fraction of sp³-hybridized carbons (Fsp3) is 0.409. The van der Waals surface area contributed by atoms with E-state index in [1.165, 1.54) is 6.07 Å². The average Bonchev–Trinajstić information content (AvgIpc) is 3.29. The van der Waals surface area contributed by atoms with Crippen molar-refractivity contribution in [3.63, 3.8) is 0 Å². The molecule has 160 valence electrons. The number of Topliss-reactive ketones (excluding diaryl/α,β-unsaturated/α-hetero) is 1. The number of carbonyl (C=O) groups is 3. The molecule has 0 aliphatic heterocycles. The number of carbonyl (C=O) groups excluding carboxylic acids is 3. The van der Waals surface area contributed by atoms with Crippen LogP contribution in [-0.2, 0) is 16.7 Å². The lowest BCUT2D eigenvalue weighted by Gasteiger charge is -2.11. The van der Waals surface area contributed by atoms with E-state index in [-0.39, 0.29) is 17.4 Å². The molecule has 1 aliphatic carbocycles. The van der Waals surface area contributed by atoms with Gasteiger partial charge in [0.2, 0.25) is 0 Å². The fourth-order valence-corrected chi connectivity index (χ4v) is 3.80. The molecule has 0 unspecified atom stereocenters. The van der Waals surface area contributed by atoms with Crippen LogP contribution in [0.4, 0.5) is 10.1 Å². The molecule has 2 N–H and O–H groups in total. The summed E-state index contributed by atoms with van der Waals surface area (Å²) in [6.07, 6.45) is 3.70. The number of aryl methyl sites for hydroxylation is 1. The van der Waals surface area contributed by atoms with Crippen LogP contribution in [0.2, 0.25) is 0 Å². The van der Waals surface area contributed by atoms with Gasteiger partial charge in [0.1, 0.15) is 11.5 Å². The van der Waals surface area contributed by atoms with Gasteiger partial charge in [-0.15, -0.1) is 0 Å². The van der Waals surface area contributed by atoms with E-state index in [9.17, 15) is 18.8 Å². The Morgan fingerprint density at radius 3 is 2.43 bits per heavy atom. The molecule has 8 heteroatoms. The van der Waals surface area contributed by atoms with Crippen molar-refractivity contribution in [3.8, 4) is 0 Å². The van der Waals surface area contributed by atoms with Gasteiger partial charge < -0.3 is 9.88 Å². The zero-order chi connectivity index (χ0) is 22.0. The van der Waals surface area contributed by atoms with Crippen LogP contribution >= 0.6 is 0 Å². The summed E-state index contributed by atoms with van der Waals surface area (Å²) in [4.78, 5) is 43.2. The molecular formula is C22H26FN3O4. The highest BCUT2D eigenvalue weighted by molar-refractivity contribution is 6.43. The van der Waals surface area contributed by atoms with Crippen LogP contribution in [0, 0.1) is 26.6 Å². The van der Waals surface area contributed by atoms with Gasteiger partial charge in [0, 0.05) is 18.4 Å². The average molecular weight is 415 g/mol. The van der Waals surface area contributed by atoms with Gasteiger partial charge in [-0.1, -0.05) is 18.9 Å². The third-order valence-electron chi connectivity index (χ3n) is 5.63. The molecule has 1 heterocycles. The van der Waals surface area contributed by atoms with Crippen LogP contribution in [0.25, 0.3) is 0 Å². The number of anilines is 1. The second-order valence-corrected chi connectivity index (χ2v) is 7.70. The Morgan fingerprint density at radius 1 is 1.13 bits per heavy atom. The van der Waals surface area contributed by atoms with Crippen molar-refractivity contribution < 1.29 is 23.6 Å². The number of benzene rings is 1. The predicted molar refractivity (Wildman–Crippen MR) is 110 cm³/mol. The zero-order valence-electron chi connectivity index (χ0n) is 17.6. The van der Waals surface area contributed by atoms with Crippen LogP contribution in [-0.4, -0.2) is 28.3 Å². The quantitative estimate of drug-likeness (QED) is 0.429. The molecule has 7 nitrogen and oxygen atoms in total. The van der Waals surface area contributed by atoms with E-state index in [0.717, 1.165) is 25.7 Å². The van der Waals surface area contributed by atoms with Gasteiger partial charge in [-0.05, 0) is 56.9 Å². The van der Waals surface area contributed by atoms with Gasteiger partial charge in [0.15, 0.2) is 0 Å². The van der Waals surface area contributed by atoms with Crippen molar-refractivity contribution in [1.29, 1.82) is 0 Å². The van der Waals surface area contributed by atoms with Gasteiger partial charge >= 0.3 is 5.91 Å². The summed E-state index contributed by atoms with van der Waals surface area (Å²) in [5.41, 5.74) is 4.26. The maximum Gasteiger partial charge on any atom is 0.315 e. The highest BCUT2D eigenvalue weighted by Gasteiger charge is 2.29. The summed E-state index contributed by atoms with van der Waals surface area (Å²) in [7, 11) is 1.64. The maximum atomic E-state index is 13.8. The molecular weight excluding hydrogens is 389 g/mol. The summed E-state index contributed by atoms with van der Waals surface area (Å²) in [5.74, 6) is -2.56. The number of hydrogen-bond donors (Lipinski definition) is 2. The number of halogens is 1. The fourth-order valence-electron chi connectivity index (χ4n) is 3.80. The van der Waals surface area contributed by atoms with Crippen molar-refractivity contribution >= 4 is 23.3 Å². The molecule has 0 radical (unpaired) electrons. The van der Waals surface area contributed by atoms with Crippen molar-refractivity contribution in [3.05, 3.63) is 52.1 Å². The van der Waals surface area contributed by atoms with Gasteiger partial charge in [0.25, 0.3) is 11.7 Å². The van der Waals surface area contributed by atoms with Crippen molar-refractivity contribution in [2.75, 3.05) is 5.32 Å². The SMILES string of the molecule is Cc1ccc(NC(=O)c2c(C)c(C(=O)C(=O)NOC3CCCC3)c(C)n2C)cc1F. The standard InChI is InChI=1S/C22H26FN3O4/c1-12-9-10-15(11-17(12)23)24-21(28)19-13(2)18(14(3)26(19)4)20(27)22(29)25-30-16-7-5-6-8-16/h9-11,16H,5-8H2,1-4H3,(H,24,28)(H,25,29). The van der Waals surface area contributed by atoms with Crippen molar-refractivity contribution in [2.24, 2.45) is 7.05 Å². The van der Waals surface area contributed by atoms with E-state index in [0.29, 0.717) is 22.5 Å². The molecule has 1 saturated carbocycles. The first-order valence-electron chi connectivity index (χ1n) is 9.94. The molecule has 0 saturated heterocycles. The minimum Gasteiger partial charge on any atom is -0.343 e. The topological polar surface area (TPSA) is 89.4 Å². The minimum atomic E-state index is -0.869. The molecule has 2 amide bonds. The third kappa shape index (κ3) is 4.28. The first-order valence-corrected chi connectivity index (χ1v) is 9.94. The van der Waals surface area contributed by atoms with E-state index < -0.39 is 23.4 Å². The number of amides is 2. The van der Waals surface area contributed by atoms with Crippen LogP contribution < -0.4 is 10.8 Å². The van der Waals surface area contributed by atoms with Crippen LogP contribution in [0.1, 0.15) is 63.4 Å². The molecule has 3 rings (SSSR count). The Bertz CT molecular complexity index is 1010. The highest BCUT2D eigenvalue weighted by atomic mass is 19.1. The van der Waals surface area contributed by atoms with Crippen molar-refractivity contribution in [2.45, 2.75) is 52.6 Å². The minimum absolute atomic E-state index is 0.0732. The number of aromatic nitrogens is 1. The maximum absolute atomic E-state index is 13.8. The first-order chi connectivity index (χ1) is 14.2. The lowest BCUT2D eigenvalue weighted by atomic mass is 10.1. The summed E-state index contributed by atoms with van der Waals surface area (Å²) < 4.78 is 15.3. The first kappa shape index (κ1) is 21.7. The van der Waals surface area contributed by atoms with Gasteiger partial charge in [-0.25, -0.2) is 9.87 Å². The third-order valence-corrected chi connectivity index (χ3v) is 5.63. The number of ketones is 1. The molecule has 1 aromatic carbocycles. The summed E-state index contributed by atoms with van der Waals surface area (Å²) in [6.45, 7) is 4.90. The molecule has 1 aliphatic rings. The lowest BCUT2D eigenvalue weighted by Crippen LogP contribution is -2.34. The molecule has 30 heavy (non-hydrogen) atoms.